The van der Waals surface area contributed by atoms with E-state index in [1.54, 1.807) is 11.8 Å². The highest BCUT2D eigenvalue weighted by molar-refractivity contribution is 8.04. The second-order valence-corrected chi connectivity index (χ2v) is 8.27. The Balaban J connectivity index is 1.82. The summed E-state index contributed by atoms with van der Waals surface area (Å²) in [5.41, 5.74) is 7.91. The number of fused-ring (bicyclic) bond motifs is 1. The van der Waals surface area contributed by atoms with Crippen molar-refractivity contribution < 1.29 is 9.84 Å². The Bertz CT molecular complexity index is 682. The van der Waals surface area contributed by atoms with Gasteiger partial charge in [0.15, 0.2) is 6.23 Å². The number of benzene rings is 1. The molecule has 3 rings (SSSR count). The first kappa shape index (κ1) is 18.1. The molecule has 1 aromatic rings. The number of anilines is 1. The first-order valence-electron chi connectivity index (χ1n) is 8.43. The molecule has 1 aromatic carbocycles. The molecule has 3 N–H and O–H groups in total. The molecule has 0 spiro atoms. The number of aliphatic imine (C=N–C) groups is 1. The highest BCUT2D eigenvalue weighted by Gasteiger charge is 2.31. The van der Waals surface area contributed by atoms with Crippen molar-refractivity contribution in [3.63, 3.8) is 0 Å². The topological polar surface area (TPSA) is 74.3 Å². The van der Waals surface area contributed by atoms with E-state index in [-0.39, 0.29) is 11.4 Å². The zero-order valence-electron chi connectivity index (χ0n) is 15.0. The van der Waals surface area contributed by atoms with E-state index in [1.807, 2.05) is 37.2 Å². The van der Waals surface area contributed by atoms with Crippen LogP contribution in [0, 0.1) is 0 Å². The Kier molecular flexibility index (Phi) is 5.27. The van der Waals surface area contributed by atoms with Crippen molar-refractivity contribution in [2.75, 3.05) is 38.7 Å². The molecule has 2 heterocycles. The van der Waals surface area contributed by atoms with Crippen molar-refractivity contribution in [3.8, 4) is 5.75 Å². The lowest BCUT2D eigenvalue weighted by molar-refractivity contribution is 0.0894. The van der Waals surface area contributed by atoms with Gasteiger partial charge in [-0.2, -0.15) is 0 Å². The maximum Gasteiger partial charge on any atom is 0.161 e. The van der Waals surface area contributed by atoms with Gasteiger partial charge in [-0.15, -0.1) is 11.8 Å². The van der Waals surface area contributed by atoms with Crippen LogP contribution in [0.2, 0.25) is 0 Å². The molecular weight excluding hydrogens is 336 g/mol. The van der Waals surface area contributed by atoms with E-state index in [9.17, 15) is 5.11 Å². The number of aliphatic hydroxyl groups is 1. The average molecular weight is 362 g/mol. The lowest BCUT2D eigenvalue weighted by atomic mass is 10.1. The zero-order chi connectivity index (χ0) is 18.0. The smallest absolute Gasteiger partial charge is 0.161 e. The SMILES string of the molecule is CN(C)CCN1c2ccc(N=C(N)C3(C)CC=CS3)cc2OCC1O. The maximum absolute atomic E-state index is 10.2. The average Bonchev–Trinajstić information content (AvgIpc) is 3.02. The van der Waals surface area contributed by atoms with Gasteiger partial charge in [0, 0.05) is 19.2 Å². The van der Waals surface area contributed by atoms with E-state index in [0.29, 0.717) is 5.84 Å². The first-order chi connectivity index (χ1) is 11.9. The summed E-state index contributed by atoms with van der Waals surface area (Å²) in [6.45, 7) is 3.94. The summed E-state index contributed by atoms with van der Waals surface area (Å²) in [5.74, 6) is 1.35. The molecule has 2 unspecified atom stereocenters. The molecule has 0 fully saturated rings. The molecule has 2 aliphatic rings. The Hall–Kier alpha value is -1.70. The lowest BCUT2D eigenvalue weighted by Crippen LogP contribution is -2.45. The Morgan fingerprint density at radius 1 is 1.52 bits per heavy atom. The summed E-state index contributed by atoms with van der Waals surface area (Å²) in [6.07, 6.45) is 2.37. The van der Waals surface area contributed by atoms with Gasteiger partial charge in [-0.05, 0) is 45.0 Å². The quantitative estimate of drug-likeness (QED) is 0.618. The van der Waals surface area contributed by atoms with Crippen LogP contribution in [0.15, 0.2) is 34.7 Å². The number of hydrogen-bond donors (Lipinski definition) is 2. The van der Waals surface area contributed by atoms with Gasteiger partial charge in [-0.25, -0.2) is 4.99 Å². The van der Waals surface area contributed by atoms with E-state index in [0.717, 1.165) is 36.6 Å². The van der Waals surface area contributed by atoms with E-state index in [4.69, 9.17) is 10.5 Å². The maximum atomic E-state index is 10.2. The molecule has 0 amide bonds. The van der Waals surface area contributed by atoms with Crippen molar-refractivity contribution in [3.05, 3.63) is 29.7 Å². The van der Waals surface area contributed by atoms with Crippen LogP contribution in [-0.4, -0.2) is 60.6 Å². The van der Waals surface area contributed by atoms with Crippen molar-refractivity contribution in [1.82, 2.24) is 4.90 Å². The number of ether oxygens (including phenoxy) is 1. The molecule has 0 aliphatic carbocycles. The molecule has 2 aliphatic heterocycles. The largest absolute Gasteiger partial charge is 0.487 e. The molecule has 6 nitrogen and oxygen atoms in total. The molecule has 136 valence electrons. The minimum absolute atomic E-state index is 0.176. The third-order valence-corrected chi connectivity index (χ3v) is 5.74. The predicted octanol–water partition coefficient (Wildman–Crippen LogP) is 2.16. The molecule has 0 saturated heterocycles. The van der Waals surface area contributed by atoms with Crippen LogP contribution in [0.1, 0.15) is 13.3 Å². The van der Waals surface area contributed by atoms with Crippen molar-refractivity contribution in [1.29, 1.82) is 0 Å². The van der Waals surface area contributed by atoms with Gasteiger partial charge in [0.25, 0.3) is 0 Å². The normalized spacial score (nSPS) is 26.0. The van der Waals surface area contributed by atoms with Crippen LogP contribution in [0.25, 0.3) is 0 Å². The zero-order valence-corrected chi connectivity index (χ0v) is 15.8. The van der Waals surface area contributed by atoms with Crippen LogP contribution in [0.5, 0.6) is 5.75 Å². The number of nitrogens with zero attached hydrogens (tertiary/aromatic N) is 3. The fourth-order valence-electron chi connectivity index (χ4n) is 2.86. The Morgan fingerprint density at radius 3 is 3.00 bits per heavy atom. The fourth-order valence-corrected chi connectivity index (χ4v) is 3.71. The number of hydrogen-bond acceptors (Lipinski definition) is 6. The Labute approximate surface area is 153 Å². The van der Waals surface area contributed by atoms with E-state index in [1.165, 1.54) is 0 Å². The molecule has 7 heteroatoms. The molecule has 25 heavy (non-hydrogen) atoms. The molecule has 2 atom stereocenters. The van der Waals surface area contributed by atoms with Crippen LogP contribution in [0.3, 0.4) is 0 Å². The number of aliphatic hydroxyl groups excluding tert-OH is 1. The van der Waals surface area contributed by atoms with Gasteiger partial charge in [0.05, 0.1) is 16.1 Å². The minimum atomic E-state index is -0.633. The second-order valence-electron chi connectivity index (χ2n) is 6.86. The fraction of sp³-hybridized carbons (Fsp3) is 0.500. The molecular formula is C18H26N4O2S. The molecule has 0 radical (unpaired) electrons. The number of likely N-dealkylation sites (N-methyl/N-ethyl adjacent to an activating group) is 1. The molecule has 0 bridgehead atoms. The monoisotopic (exact) mass is 362 g/mol. The third kappa shape index (κ3) is 3.94. The number of rotatable bonds is 5. The highest BCUT2D eigenvalue weighted by Crippen LogP contribution is 2.39. The highest BCUT2D eigenvalue weighted by atomic mass is 32.2. The Morgan fingerprint density at radius 2 is 2.32 bits per heavy atom. The summed E-state index contributed by atoms with van der Waals surface area (Å²) in [6, 6.07) is 5.77. The summed E-state index contributed by atoms with van der Waals surface area (Å²) in [4.78, 5) is 8.66. The predicted molar refractivity (Wildman–Crippen MR) is 105 cm³/mol. The summed E-state index contributed by atoms with van der Waals surface area (Å²) < 4.78 is 5.54. The summed E-state index contributed by atoms with van der Waals surface area (Å²) >= 11 is 1.70. The first-order valence-corrected chi connectivity index (χ1v) is 9.31. The van der Waals surface area contributed by atoms with E-state index in [2.05, 4.69) is 28.3 Å². The van der Waals surface area contributed by atoms with Gasteiger partial charge in [0.2, 0.25) is 0 Å². The lowest BCUT2D eigenvalue weighted by Gasteiger charge is -2.36. The third-order valence-electron chi connectivity index (χ3n) is 4.51. The standard InChI is InChI=1S/C18H26N4O2S/c1-18(7-4-10-25-18)17(19)20-13-5-6-14-15(11-13)24-12-16(23)22(14)9-8-21(2)3/h4-6,10-11,16,23H,7-9,12H2,1-3H3,(H2,19,20). The van der Waals surface area contributed by atoms with Crippen LogP contribution >= 0.6 is 11.8 Å². The van der Waals surface area contributed by atoms with Crippen molar-refractivity contribution in [2.45, 2.75) is 24.3 Å². The molecule has 0 saturated carbocycles. The van der Waals surface area contributed by atoms with Gasteiger partial charge in [0.1, 0.15) is 18.2 Å². The number of thioether (sulfide) groups is 1. The van der Waals surface area contributed by atoms with Gasteiger partial charge in [-0.1, -0.05) is 6.08 Å². The van der Waals surface area contributed by atoms with Crippen molar-refractivity contribution in [2.24, 2.45) is 10.7 Å². The summed E-state index contributed by atoms with van der Waals surface area (Å²) in [5, 5.41) is 12.3. The minimum Gasteiger partial charge on any atom is -0.487 e. The number of nitrogens with two attached hydrogens (primary N) is 1. The van der Waals surface area contributed by atoms with E-state index < -0.39 is 6.23 Å². The number of allylic oxidation sites excluding steroid dienone is 1. The second kappa shape index (κ2) is 7.27. The van der Waals surface area contributed by atoms with Crippen LogP contribution < -0.4 is 15.4 Å². The van der Waals surface area contributed by atoms with Crippen LogP contribution in [0.4, 0.5) is 11.4 Å². The van der Waals surface area contributed by atoms with Gasteiger partial charge >= 0.3 is 0 Å². The summed E-state index contributed by atoms with van der Waals surface area (Å²) in [7, 11) is 4.04. The van der Waals surface area contributed by atoms with Gasteiger partial charge < -0.3 is 25.4 Å². The number of amidine groups is 1. The van der Waals surface area contributed by atoms with E-state index >= 15 is 0 Å². The van der Waals surface area contributed by atoms with Gasteiger partial charge in [-0.3, -0.25) is 0 Å². The molecule has 0 aromatic heterocycles. The van der Waals surface area contributed by atoms with Crippen LogP contribution in [-0.2, 0) is 0 Å². The van der Waals surface area contributed by atoms with Crippen molar-refractivity contribution >= 4 is 29.0 Å².